The van der Waals surface area contributed by atoms with Crippen LogP contribution in [0.3, 0.4) is 0 Å². The van der Waals surface area contributed by atoms with Crippen LogP contribution in [-0.4, -0.2) is 20.7 Å². The van der Waals surface area contributed by atoms with E-state index in [0.717, 1.165) is 11.1 Å². The number of aromatic nitrogens is 2. The zero-order valence-corrected chi connectivity index (χ0v) is 16.5. The lowest BCUT2D eigenvalue weighted by Crippen LogP contribution is -2.23. The quantitative estimate of drug-likeness (QED) is 0.396. The van der Waals surface area contributed by atoms with E-state index in [1.54, 1.807) is 16.1 Å². The number of nitrogens with zero attached hydrogens (tertiary/aromatic N) is 2. The Hall–Kier alpha value is -3.77. The molecule has 6 nitrogen and oxygen atoms in total. The normalized spacial score (nSPS) is 10.9. The molecule has 0 aliphatic carbocycles. The minimum Gasteiger partial charge on any atom is -0.298 e. The van der Waals surface area contributed by atoms with Gasteiger partial charge in [0, 0.05) is 12.1 Å². The molecule has 1 amide bonds. The van der Waals surface area contributed by atoms with Gasteiger partial charge < -0.3 is 0 Å². The Kier molecular flexibility index (Phi) is 5.41. The van der Waals surface area contributed by atoms with Crippen LogP contribution in [0.4, 0.5) is 0 Å². The Balaban J connectivity index is 1.60. The summed E-state index contributed by atoms with van der Waals surface area (Å²) in [5, 5.41) is 9.16. The highest BCUT2D eigenvalue weighted by Crippen LogP contribution is 2.24. The average molecular weight is 399 g/mol. The lowest BCUT2D eigenvalue weighted by Gasteiger charge is -2.10. The maximum Gasteiger partial charge on any atom is 0.274 e. The molecule has 0 saturated carbocycles. The van der Waals surface area contributed by atoms with Crippen molar-refractivity contribution >= 4 is 16.8 Å². The highest BCUT2D eigenvalue weighted by Gasteiger charge is 2.10. The van der Waals surface area contributed by atoms with Crippen LogP contribution in [0.2, 0.25) is 0 Å². The maximum atomic E-state index is 12.9. The van der Waals surface area contributed by atoms with Crippen LogP contribution in [-0.2, 0) is 13.0 Å². The van der Waals surface area contributed by atoms with Gasteiger partial charge in [-0.15, -0.1) is 0 Å². The highest BCUT2D eigenvalue weighted by atomic mass is 16.5. The molecule has 3 aromatic carbocycles. The Morgan fingerprint density at radius 2 is 1.90 bits per heavy atom. The molecule has 0 spiro atoms. The number of amides is 1. The Morgan fingerprint density at radius 1 is 1.07 bits per heavy atom. The minimum absolute atomic E-state index is 0.201. The molecule has 1 heterocycles. The monoisotopic (exact) mass is 399 g/mol. The zero-order valence-electron chi connectivity index (χ0n) is 16.5. The number of hydrogen-bond acceptors (Lipinski definition) is 4. The van der Waals surface area contributed by atoms with Crippen molar-refractivity contribution in [3.63, 3.8) is 0 Å². The van der Waals surface area contributed by atoms with E-state index in [2.05, 4.69) is 36.2 Å². The molecule has 0 bridgehead atoms. The first-order valence-corrected chi connectivity index (χ1v) is 9.65. The standard InChI is InChI=1S/C24H21N3O3/c1-16-5-2-3-8-20(16)18-7-4-6-17(13-18)11-12-27-15-25-22-10-9-19(23(28)26-30)14-21(22)24(27)29/h2-10,13-15,30H,11-12H2,1H3,(H,26,28). The number of carbonyl (C=O) groups excluding carboxylic acids is 1. The average Bonchev–Trinajstić information content (AvgIpc) is 2.78. The molecule has 4 aromatic rings. The first kappa shape index (κ1) is 19.5. The van der Waals surface area contributed by atoms with Crippen molar-refractivity contribution in [2.75, 3.05) is 0 Å². The molecule has 0 aliphatic rings. The number of rotatable bonds is 5. The van der Waals surface area contributed by atoms with Crippen molar-refractivity contribution in [2.45, 2.75) is 19.9 Å². The Labute approximate surface area is 173 Å². The van der Waals surface area contributed by atoms with E-state index in [1.807, 2.05) is 24.3 Å². The summed E-state index contributed by atoms with van der Waals surface area (Å²) in [4.78, 5) is 28.8. The molecule has 0 unspecified atom stereocenters. The molecule has 0 radical (unpaired) electrons. The molecule has 4 rings (SSSR count). The van der Waals surface area contributed by atoms with E-state index < -0.39 is 5.91 Å². The molecular weight excluding hydrogens is 378 g/mol. The number of hydrogen-bond donors (Lipinski definition) is 2. The fourth-order valence-electron chi connectivity index (χ4n) is 3.56. The van der Waals surface area contributed by atoms with Gasteiger partial charge in [-0.25, -0.2) is 10.5 Å². The Bertz CT molecular complexity index is 1290. The van der Waals surface area contributed by atoms with Gasteiger partial charge >= 0.3 is 0 Å². The van der Waals surface area contributed by atoms with Crippen LogP contribution >= 0.6 is 0 Å². The van der Waals surface area contributed by atoms with Crippen molar-refractivity contribution in [1.29, 1.82) is 0 Å². The molecular formula is C24H21N3O3. The molecule has 0 atom stereocenters. The van der Waals surface area contributed by atoms with Crippen LogP contribution in [0.15, 0.2) is 77.9 Å². The van der Waals surface area contributed by atoms with Crippen molar-refractivity contribution in [3.05, 3.63) is 100 Å². The first-order valence-electron chi connectivity index (χ1n) is 9.65. The van der Waals surface area contributed by atoms with Gasteiger partial charge in [0.2, 0.25) is 0 Å². The summed E-state index contributed by atoms with van der Waals surface area (Å²) < 4.78 is 1.55. The van der Waals surface area contributed by atoms with Crippen molar-refractivity contribution in [1.82, 2.24) is 15.0 Å². The van der Waals surface area contributed by atoms with E-state index in [4.69, 9.17) is 5.21 Å². The van der Waals surface area contributed by atoms with E-state index >= 15 is 0 Å². The third-order valence-electron chi connectivity index (χ3n) is 5.21. The van der Waals surface area contributed by atoms with Crippen molar-refractivity contribution < 1.29 is 10.0 Å². The molecule has 0 saturated heterocycles. The maximum absolute atomic E-state index is 12.9. The van der Waals surface area contributed by atoms with Gasteiger partial charge in [0.25, 0.3) is 11.5 Å². The number of benzene rings is 3. The number of aryl methyl sites for hydroxylation is 3. The number of fused-ring (bicyclic) bond motifs is 1. The van der Waals surface area contributed by atoms with E-state index in [0.29, 0.717) is 23.9 Å². The smallest absolute Gasteiger partial charge is 0.274 e. The van der Waals surface area contributed by atoms with Gasteiger partial charge in [-0.05, 0) is 53.8 Å². The lowest BCUT2D eigenvalue weighted by molar-refractivity contribution is 0.0706. The summed E-state index contributed by atoms with van der Waals surface area (Å²) >= 11 is 0. The first-order chi connectivity index (χ1) is 14.6. The van der Waals surface area contributed by atoms with Gasteiger partial charge in [-0.1, -0.05) is 48.5 Å². The zero-order chi connectivity index (χ0) is 21.1. The molecule has 1 aromatic heterocycles. The largest absolute Gasteiger partial charge is 0.298 e. The highest BCUT2D eigenvalue weighted by molar-refractivity contribution is 5.97. The Morgan fingerprint density at radius 3 is 2.70 bits per heavy atom. The number of hydroxylamine groups is 1. The molecule has 30 heavy (non-hydrogen) atoms. The van der Waals surface area contributed by atoms with Crippen molar-refractivity contribution in [3.8, 4) is 11.1 Å². The lowest BCUT2D eigenvalue weighted by atomic mass is 9.98. The third kappa shape index (κ3) is 3.86. The van der Waals surface area contributed by atoms with Gasteiger partial charge in [-0.2, -0.15) is 0 Å². The van der Waals surface area contributed by atoms with Crippen LogP contribution in [0, 0.1) is 6.92 Å². The second-order valence-electron chi connectivity index (χ2n) is 7.18. The van der Waals surface area contributed by atoms with E-state index in [1.165, 1.54) is 29.6 Å². The van der Waals surface area contributed by atoms with E-state index in [-0.39, 0.29) is 11.1 Å². The predicted octanol–water partition coefficient (Wildman–Crippen LogP) is 3.73. The van der Waals surface area contributed by atoms with Gasteiger partial charge in [0.1, 0.15) is 0 Å². The van der Waals surface area contributed by atoms with Gasteiger partial charge in [0.05, 0.1) is 17.2 Å². The summed E-state index contributed by atoms with van der Waals surface area (Å²) in [6.07, 6.45) is 2.20. The van der Waals surface area contributed by atoms with E-state index in [9.17, 15) is 9.59 Å². The predicted molar refractivity (Wildman–Crippen MR) is 116 cm³/mol. The SMILES string of the molecule is Cc1ccccc1-c1cccc(CCn2cnc3ccc(C(=O)NO)cc3c2=O)c1. The second kappa shape index (κ2) is 8.31. The molecule has 150 valence electrons. The molecule has 6 heteroatoms. The van der Waals surface area contributed by atoms with Crippen LogP contribution in [0.25, 0.3) is 22.0 Å². The third-order valence-corrected chi connectivity index (χ3v) is 5.21. The van der Waals surface area contributed by atoms with Crippen molar-refractivity contribution in [2.24, 2.45) is 0 Å². The summed E-state index contributed by atoms with van der Waals surface area (Å²) in [5.41, 5.74) is 6.75. The summed E-state index contributed by atoms with van der Waals surface area (Å²) in [7, 11) is 0. The van der Waals surface area contributed by atoms with Crippen LogP contribution in [0.1, 0.15) is 21.5 Å². The topological polar surface area (TPSA) is 84.2 Å². The summed E-state index contributed by atoms with van der Waals surface area (Å²) in [6, 6.07) is 21.1. The molecule has 2 N–H and O–H groups in total. The summed E-state index contributed by atoms with van der Waals surface area (Å²) in [6.45, 7) is 2.56. The second-order valence-corrected chi connectivity index (χ2v) is 7.18. The minimum atomic E-state index is -0.667. The molecule has 0 aliphatic heterocycles. The summed E-state index contributed by atoms with van der Waals surface area (Å²) in [5.74, 6) is -0.667. The molecule has 0 fully saturated rings. The fourth-order valence-corrected chi connectivity index (χ4v) is 3.56. The fraction of sp³-hybridized carbons (Fsp3) is 0.125. The van der Waals surface area contributed by atoms with Crippen LogP contribution in [0.5, 0.6) is 0 Å². The number of carbonyl (C=O) groups is 1. The van der Waals surface area contributed by atoms with Gasteiger partial charge in [0.15, 0.2) is 0 Å². The van der Waals surface area contributed by atoms with Crippen LogP contribution < -0.4 is 11.0 Å². The number of nitrogens with one attached hydrogen (secondary N) is 1. The van der Waals surface area contributed by atoms with Gasteiger partial charge in [-0.3, -0.25) is 19.4 Å².